The number of hydrogen-bond donors (Lipinski definition) is 1. The van der Waals surface area contributed by atoms with Gasteiger partial charge in [-0.05, 0) is 49.3 Å². The molecule has 0 saturated heterocycles. The summed E-state index contributed by atoms with van der Waals surface area (Å²) in [5.41, 5.74) is 3.00. The van der Waals surface area contributed by atoms with Crippen molar-refractivity contribution in [1.82, 2.24) is 4.98 Å². The van der Waals surface area contributed by atoms with Gasteiger partial charge >= 0.3 is 0 Å². The van der Waals surface area contributed by atoms with Gasteiger partial charge in [0.25, 0.3) is 0 Å². The SMILES string of the molecule is CCCCCc1ccnc2c1CC[C@H](CC)N2. The predicted octanol–water partition coefficient (Wildman–Crippen LogP) is 3.95. The molecule has 0 amide bonds. The maximum atomic E-state index is 4.50. The molecule has 0 radical (unpaired) electrons. The van der Waals surface area contributed by atoms with Gasteiger partial charge in [0.2, 0.25) is 0 Å². The van der Waals surface area contributed by atoms with Crippen molar-refractivity contribution in [2.24, 2.45) is 0 Å². The summed E-state index contributed by atoms with van der Waals surface area (Å²) in [5.74, 6) is 1.15. The number of nitrogens with zero attached hydrogens (tertiary/aromatic N) is 1. The highest BCUT2D eigenvalue weighted by molar-refractivity contribution is 5.51. The first-order valence-corrected chi connectivity index (χ1v) is 7.08. The minimum atomic E-state index is 0.626. The standard InChI is InChI=1S/C15H24N2/c1-3-5-6-7-12-10-11-16-15-14(12)9-8-13(4-2)17-15/h10-11,13H,3-9H2,1-2H3,(H,16,17)/t13-/m0/s1. The van der Waals surface area contributed by atoms with Crippen molar-refractivity contribution in [3.8, 4) is 0 Å². The van der Waals surface area contributed by atoms with Gasteiger partial charge in [0.05, 0.1) is 0 Å². The fraction of sp³-hybridized carbons (Fsp3) is 0.667. The van der Waals surface area contributed by atoms with Crippen LogP contribution in [0, 0.1) is 0 Å². The molecule has 2 rings (SSSR count). The fourth-order valence-corrected chi connectivity index (χ4v) is 2.63. The second kappa shape index (κ2) is 6.04. The van der Waals surface area contributed by atoms with Crippen molar-refractivity contribution in [3.63, 3.8) is 0 Å². The molecule has 2 heteroatoms. The summed E-state index contributed by atoms with van der Waals surface area (Å²) >= 11 is 0. The highest BCUT2D eigenvalue weighted by Crippen LogP contribution is 2.27. The van der Waals surface area contributed by atoms with E-state index < -0.39 is 0 Å². The van der Waals surface area contributed by atoms with Gasteiger partial charge in [-0.3, -0.25) is 0 Å². The average molecular weight is 232 g/mol. The van der Waals surface area contributed by atoms with Crippen LogP contribution in [-0.2, 0) is 12.8 Å². The van der Waals surface area contributed by atoms with Crippen LogP contribution in [0.2, 0.25) is 0 Å². The number of fused-ring (bicyclic) bond motifs is 1. The van der Waals surface area contributed by atoms with E-state index >= 15 is 0 Å². The van der Waals surface area contributed by atoms with Crippen molar-refractivity contribution in [2.75, 3.05) is 5.32 Å². The molecule has 1 atom stereocenters. The van der Waals surface area contributed by atoms with E-state index in [4.69, 9.17) is 0 Å². The van der Waals surface area contributed by atoms with Crippen LogP contribution in [0.25, 0.3) is 0 Å². The lowest BCUT2D eigenvalue weighted by molar-refractivity contribution is 0.603. The van der Waals surface area contributed by atoms with Crippen LogP contribution in [-0.4, -0.2) is 11.0 Å². The number of unbranched alkanes of at least 4 members (excludes halogenated alkanes) is 2. The zero-order chi connectivity index (χ0) is 12.1. The number of anilines is 1. The van der Waals surface area contributed by atoms with Gasteiger partial charge in [-0.1, -0.05) is 26.7 Å². The number of rotatable bonds is 5. The van der Waals surface area contributed by atoms with E-state index in [0.29, 0.717) is 6.04 Å². The van der Waals surface area contributed by atoms with Crippen LogP contribution in [0.4, 0.5) is 5.82 Å². The Balaban J connectivity index is 2.08. The molecule has 94 valence electrons. The molecular formula is C15H24N2. The number of nitrogens with one attached hydrogen (secondary N) is 1. The van der Waals surface area contributed by atoms with Crippen LogP contribution in [0.3, 0.4) is 0 Å². The molecule has 0 spiro atoms. The lowest BCUT2D eigenvalue weighted by Gasteiger charge is -2.26. The van der Waals surface area contributed by atoms with Gasteiger partial charge in [-0.15, -0.1) is 0 Å². The quantitative estimate of drug-likeness (QED) is 0.777. The van der Waals surface area contributed by atoms with Crippen molar-refractivity contribution >= 4 is 5.82 Å². The Bertz CT molecular complexity index is 360. The second-order valence-electron chi connectivity index (χ2n) is 5.04. The fourth-order valence-electron chi connectivity index (χ4n) is 2.63. The Morgan fingerprint density at radius 2 is 2.24 bits per heavy atom. The molecule has 0 bridgehead atoms. The summed E-state index contributed by atoms with van der Waals surface area (Å²) in [5, 5.41) is 3.57. The maximum absolute atomic E-state index is 4.50. The zero-order valence-corrected chi connectivity index (χ0v) is 11.1. The van der Waals surface area contributed by atoms with E-state index in [1.165, 1.54) is 56.1 Å². The Labute approximate surface area is 105 Å². The van der Waals surface area contributed by atoms with Crippen LogP contribution >= 0.6 is 0 Å². The van der Waals surface area contributed by atoms with Gasteiger partial charge in [0.1, 0.15) is 5.82 Å². The van der Waals surface area contributed by atoms with Crippen LogP contribution in [0.15, 0.2) is 12.3 Å². The van der Waals surface area contributed by atoms with Gasteiger partial charge in [-0.2, -0.15) is 0 Å². The molecule has 2 heterocycles. The number of aryl methyl sites for hydroxylation is 1. The molecule has 0 aliphatic carbocycles. The second-order valence-corrected chi connectivity index (χ2v) is 5.04. The third-order valence-electron chi connectivity index (χ3n) is 3.78. The van der Waals surface area contributed by atoms with E-state index in [0.717, 1.165) is 5.82 Å². The summed E-state index contributed by atoms with van der Waals surface area (Å²) < 4.78 is 0. The van der Waals surface area contributed by atoms with Gasteiger partial charge in [0.15, 0.2) is 0 Å². The van der Waals surface area contributed by atoms with E-state index in [1.807, 2.05) is 6.20 Å². The van der Waals surface area contributed by atoms with Crippen molar-refractivity contribution in [1.29, 1.82) is 0 Å². The minimum absolute atomic E-state index is 0.626. The molecule has 1 aliphatic rings. The van der Waals surface area contributed by atoms with Crippen LogP contribution in [0.1, 0.15) is 57.1 Å². The monoisotopic (exact) mass is 232 g/mol. The van der Waals surface area contributed by atoms with Crippen molar-refractivity contribution in [3.05, 3.63) is 23.4 Å². The summed E-state index contributed by atoms with van der Waals surface area (Å²) in [6.07, 6.45) is 10.8. The highest BCUT2D eigenvalue weighted by Gasteiger charge is 2.19. The Morgan fingerprint density at radius 1 is 1.35 bits per heavy atom. The molecule has 0 aromatic carbocycles. The molecule has 0 unspecified atom stereocenters. The summed E-state index contributed by atoms with van der Waals surface area (Å²) in [7, 11) is 0. The molecule has 1 aliphatic heterocycles. The van der Waals surface area contributed by atoms with Crippen molar-refractivity contribution in [2.45, 2.75) is 64.8 Å². The van der Waals surface area contributed by atoms with E-state index in [1.54, 1.807) is 0 Å². The summed E-state index contributed by atoms with van der Waals surface area (Å²) in [6, 6.07) is 2.84. The normalized spacial score (nSPS) is 18.6. The highest BCUT2D eigenvalue weighted by atomic mass is 15.0. The molecule has 17 heavy (non-hydrogen) atoms. The van der Waals surface area contributed by atoms with Crippen LogP contribution < -0.4 is 5.32 Å². The third-order valence-corrected chi connectivity index (χ3v) is 3.78. The third kappa shape index (κ3) is 2.99. The molecule has 2 nitrogen and oxygen atoms in total. The smallest absolute Gasteiger partial charge is 0.129 e. The predicted molar refractivity (Wildman–Crippen MR) is 73.5 cm³/mol. The lowest BCUT2D eigenvalue weighted by atomic mass is 9.93. The number of hydrogen-bond acceptors (Lipinski definition) is 2. The molecule has 1 aromatic heterocycles. The van der Waals surface area contributed by atoms with Crippen LogP contribution in [0.5, 0.6) is 0 Å². The molecule has 1 N–H and O–H groups in total. The first kappa shape index (κ1) is 12.4. The molecule has 0 fully saturated rings. The summed E-state index contributed by atoms with van der Waals surface area (Å²) in [4.78, 5) is 4.50. The van der Waals surface area contributed by atoms with E-state index in [2.05, 4.69) is 30.2 Å². The lowest BCUT2D eigenvalue weighted by Crippen LogP contribution is -2.26. The largest absolute Gasteiger partial charge is 0.367 e. The van der Waals surface area contributed by atoms with Crippen molar-refractivity contribution < 1.29 is 0 Å². The maximum Gasteiger partial charge on any atom is 0.129 e. The first-order chi connectivity index (χ1) is 8.35. The van der Waals surface area contributed by atoms with E-state index in [-0.39, 0.29) is 0 Å². The van der Waals surface area contributed by atoms with Gasteiger partial charge in [0, 0.05) is 12.2 Å². The first-order valence-electron chi connectivity index (χ1n) is 7.08. The number of aromatic nitrogens is 1. The van der Waals surface area contributed by atoms with E-state index in [9.17, 15) is 0 Å². The Morgan fingerprint density at radius 3 is 3.00 bits per heavy atom. The average Bonchev–Trinajstić information content (AvgIpc) is 2.38. The topological polar surface area (TPSA) is 24.9 Å². The molecular weight excluding hydrogens is 208 g/mol. The zero-order valence-electron chi connectivity index (χ0n) is 11.1. The molecule has 1 aromatic rings. The number of pyridine rings is 1. The van der Waals surface area contributed by atoms with Gasteiger partial charge < -0.3 is 5.32 Å². The Kier molecular flexibility index (Phi) is 4.41. The molecule has 0 saturated carbocycles. The minimum Gasteiger partial charge on any atom is -0.367 e. The summed E-state index contributed by atoms with van der Waals surface area (Å²) in [6.45, 7) is 4.50. The van der Waals surface area contributed by atoms with Gasteiger partial charge in [-0.25, -0.2) is 4.98 Å². The Hall–Kier alpha value is -1.05.